The van der Waals surface area contributed by atoms with Crippen molar-refractivity contribution in [2.24, 2.45) is 28.6 Å². The second-order valence-electron chi connectivity index (χ2n) is 10.7. The van der Waals surface area contributed by atoms with Crippen LogP contribution < -0.4 is 0 Å². The van der Waals surface area contributed by atoms with Gasteiger partial charge >= 0.3 is 5.97 Å². The number of fused-ring (bicyclic) bond motifs is 5. The smallest absolute Gasteiger partial charge is 0.336 e. The Kier molecular flexibility index (Phi) is 4.77. The van der Waals surface area contributed by atoms with Gasteiger partial charge in [0.15, 0.2) is 0 Å². The Morgan fingerprint density at radius 1 is 1.20 bits per heavy atom. The van der Waals surface area contributed by atoms with Crippen LogP contribution in [-0.2, 0) is 9.53 Å². The second-order valence-corrected chi connectivity index (χ2v) is 10.7. The minimum atomic E-state index is -0.420. The first kappa shape index (κ1) is 20.1. The van der Waals surface area contributed by atoms with Crippen LogP contribution in [0.2, 0.25) is 0 Å². The molecule has 0 aromatic carbocycles. The summed E-state index contributed by atoms with van der Waals surface area (Å²) in [5.74, 6) is 1.80. The van der Waals surface area contributed by atoms with Crippen molar-refractivity contribution in [3.63, 3.8) is 0 Å². The van der Waals surface area contributed by atoms with Crippen LogP contribution in [0.4, 0.5) is 0 Å². The zero-order valence-electron chi connectivity index (χ0n) is 18.5. The van der Waals surface area contributed by atoms with Gasteiger partial charge in [0.1, 0.15) is 6.10 Å². The molecule has 5 rings (SSSR count). The lowest BCUT2D eigenvalue weighted by Gasteiger charge is -2.57. The van der Waals surface area contributed by atoms with E-state index in [0.29, 0.717) is 24.2 Å². The summed E-state index contributed by atoms with van der Waals surface area (Å²) in [7, 11) is 1.95. The average molecular weight is 410 g/mol. The Bertz CT molecular complexity index is 854. The zero-order valence-corrected chi connectivity index (χ0v) is 18.5. The summed E-state index contributed by atoms with van der Waals surface area (Å²) in [6.07, 6.45) is 19.3. The molecule has 7 atom stereocenters. The van der Waals surface area contributed by atoms with Crippen LogP contribution in [0.15, 0.2) is 47.9 Å². The monoisotopic (exact) mass is 409 g/mol. The minimum absolute atomic E-state index is 0.0292. The SMILES string of the molecule is CN1C=CCC(C(=O)OC2CCC3C4CCC5=CC(O)C=CC5(C)C4CCC23C)=C1. The lowest BCUT2D eigenvalue weighted by molar-refractivity contribution is -0.154. The van der Waals surface area contributed by atoms with E-state index in [1.54, 1.807) is 0 Å². The Morgan fingerprint density at radius 2 is 2.03 bits per heavy atom. The summed E-state index contributed by atoms with van der Waals surface area (Å²) >= 11 is 0. The maximum Gasteiger partial charge on any atom is 0.336 e. The second kappa shape index (κ2) is 7.12. The summed E-state index contributed by atoms with van der Waals surface area (Å²) < 4.78 is 6.17. The van der Waals surface area contributed by atoms with E-state index in [1.807, 2.05) is 36.5 Å². The first-order chi connectivity index (χ1) is 14.3. The van der Waals surface area contributed by atoms with Crippen molar-refractivity contribution in [1.29, 1.82) is 0 Å². The summed E-state index contributed by atoms with van der Waals surface area (Å²) in [5, 5.41) is 10.1. The molecular formula is C26H35NO3. The minimum Gasteiger partial charge on any atom is -0.458 e. The molecule has 0 aromatic heterocycles. The van der Waals surface area contributed by atoms with E-state index in [2.05, 4.69) is 26.0 Å². The molecule has 3 saturated carbocycles. The number of carbonyl (C=O) groups is 1. The zero-order chi connectivity index (χ0) is 21.1. The predicted octanol–water partition coefficient (Wildman–Crippen LogP) is 4.73. The van der Waals surface area contributed by atoms with E-state index in [1.165, 1.54) is 18.4 Å². The molecule has 30 heavy (non-hydrogen) atoms. The highest BCUT2D eigenvalue weighted by atomic mass is 16.5. The number of hydrogen-bond donors (Lipinski definition) is 1. The fraction of sp³-hybridized carbons (Fsp3) is 0.654. The van der Waals surface area contributed by atoms with Crippen LogP contribution in [0, 0.1) is 28.6 Å². The number of aliphatic hydroxyl groups is 1. The first-order valence-electron chi connectivity index (χ1n) is 11.7. The number of nitrogens with zero attached hydrogens (tertiary/aromatic N) is 1. The van der Waals surface area contributed by atoms with Gasteiger partial charge in [0, 0.05) is 30.5 Å². The van der Waals surface area contributed by atoms with Crippen molar-refractivity contribution in [3.8, 4) is 0 Å². The number of carbonyl (C=O) groups excluding carboxylic acids is 1. The highest BCUT2D eigenvalue weighted by molar-refractivity contribution is 5.89. The molecule has 4 heteroatoms. The van der Waals surface area contributed by atoms with Crippen molar-refractivity contribution in [2.75, 3.05) is 7.05 Å². The summed E-state index contributed by atoms with van der Waals surface area (Å²) in [4.78, 5) is 14.8. The Hall–Kier alpha value is -1.81. The normalized spacial score (nSPS) is 44.5. The third-order valence-electron chi connectivity index (χ3n) is 9.12. The van der Waals surface area contributed by atoms with Crippen molar-refractivity contribution < 1.29 is 14.6 Å². The molecule has 3 fully saturated rings. The van der Waals surface area contributed by atoms with E-state index in [0.717, 1.165) is 31.3 Å². The number of allylic oxidation sites excluding steroid dienone is 3. The fourth-order valence-corrected chi connectivity index (χ4v) is 7.49. The molecule has 0 saturated heterocycles. The van der Waals surface area contributed by atoms with Gasteiger partial charge in [0.2, 0.25) is 0 Å². The molecule has 1 heterocycles. The van der Waals surface area contributed by atoms with Crippen molar-refractivity contribution in [1.82, 2.24) is 4.90 Å². The van der Waals surface area contributed by atoms with Gasteiger partial charge in [-0.15, -0.1) is 0 Å². The van der Waals surface area contributed by atoms with Gasteiger partial charge in [-0.2, -0.15) is 0 Å². The molecule has 1 aliphatic heterocycles. The van der Waals surface area contributed by atoms with Crippen LogP contribution in [-0.4, -0.2) is 35.2 Å². The quantitative estimate of drug-likeness (QED) is 0.529. The molecule has 0 aromatic rings. The molecular weight excluding hydrogens is 374 g/mol. The number of hydrogen-bond acceptors (Lipinski definition) is 4. The number of esters is 1. The van der Waals surface area contributed by atoms with E-state index in [4.69, 9.17) is 4.74 Å². The molecule has 1 N–H and O–H groups in total. The molecule has 0 radical (unpaired) electrons. The number of aliphatic hydroxyl groups excluding tert-OH is 1. The lowest BCUT2D eigenvalue weighted by atomic mass is 9.48. The molecule has 5 aliphatic rings. The van der Waals surface area contributed by atoms with Gasteiger partial charge in [-0.3, -0.25) is 0 Å². The van der Waals surface area contributed by atoms with Gasteiger partial charge in [-0.1, -0.05) is 43.7 Å². The van der Waals surface area contributed by atoms with Gasteiger partial charge < -0.3 is 14.7 Å². The van der Waals surface area contributed by atoms with Gasteiger partial charge in [-0.25, -0.2) is 4.79 Å². The standard InChI is InChI=1S/C26H35NO3/c1-25-12-10-19(28)15-18(25)6-7-20-21-8-9-23(26(21,2)13-11-22(20)25)30-24(29)17-5-4-14-27(3)16-17/h4,10,12,14-16,19-23,28H,5-9,11,13H2,1-3H3. The Balaban J connectivity index is 1.34. The molecule has 0 bridgehead atoms. The van der Waals surface area contributed by atoms with Crippen LogP contribution in [0.25, 0.3) is 0 Å². The van der Waals surface area contributed by atoms with E-state index >= 15 is 0 Å². The molecule has 4 aliphatic carbocycles. The molecule has 0 amide bonds. The Morgan fingerprint density at radius 3 is 2.83 bits per heavy atom. The van der Waals surface area contributed by atoms with Gasteiger partial charge in [0.25, 0.3) is 0 Å². The van der Waals surface area contributed by atoms with Crippen molar-refractivity contribution in [3.05, 3.63) is 47.9 Å². The number of ether oxygens (including phenoxy) is 1. The fourth-order valence-electron chi connectivity index (χ4n) is 7.49. The number of rotatable bonds is 2. The van der Waals surface area contributed by atoms with Gasteiger partial charge in [-0.05, 0) is 62.5 Å². The third kappa shape index (κ3) is 3.02. The summed E-state index contributed by atoms with van der Waals surface area (Å²) in [6, 6.07) is 0. The highest BCUT2D eigenvalue weighted by Crippen LogP contribution is 2.65. The Labute approximate surface area is 180 Å². The lowest BCUT2D eigenvalue weighted by Crippen LogP contribution is -2.51. The molecule has 0 spiro atoms. The van der Waals surface area contributed by atoms with Crippen LogP contribution >= 0.6 is 0 Å². The van der Waals surface area contributed by atoms with Crippen LogP contribution in [0.5, 0.6) is 0 Å². The maximum absolute atomic E-state index is 12.9. The van der Waals surface area contributed by atoms with Crippen molar-refractivity contribution >= 4 is 5.97 Å². The van der Waals surface area contributed by atoms with Crippen molar-refractivity contribution in [2.45, 2.75) is 71.0 Å². The van der Waals surface area contributed by atoms with Gasteiger partial charge in [0.05, 0.1) is 11.7 Å². The average Bonchev–Trinajstić information content (AvgIpc) is 3.05. The highest BCUT2D eigenvalue weighted by Gasteiger charge is 2.59. The molecule has 4 nitrogen and oxygen atoms in total. The van der Waals surface area contributed by atoms with Crippen LogP contribution in [0.1, 0.15) is 58.8 Å². The molecule has 7 unspecified atom stereocenters. The largest absolute Gasteiger partial charge is 0.458 e. The summed E-state index contributed by atoms with van der Waals surface area (Å²) in [6.45, 7) is 4.76. The van der Waals surface area contributed by atoms with Crippen LogP contribution in [0.3, 0.4) is 0 Å². The topological polar surface area (TPSA) is 49.8 Å². The van der Waals surface area contributed by atoms with E-state index in [9.17, 15) is 9.90 Å². The van der Waals surface area contributed by atoms with E-state index < -0.39 is 6.10 Å². The van der Waals surface area contributed by atoms with E-state index in [-0.39, 0.29) is 22.9 Å². The first-order valence-corrected chi connectivity index (χ1v) is 11.7. The predicted molar refractivity (Wildman–Crippen MR) is 117 cm³/mol. The molecule has 162 valence electrons. The summed E-state index contributed by atoms with van der Waals surface area (Å²) in [5.41, 5.74) is 2.36. The third-order valence-corrected chi connectivity index (χ3v) is 9.12. The maximum atomic E-state index is 12.9.